The molecule has 1 atom stereocenters. The molecule has 1 heterocycles. The summed E-state index contributed by atoms with van der Waals surface area (Å²) in [6.45, 7) is 0. The predicted molar refractivity (Wildman–Crippen MR) is 58.4 cm³/mol. The first-order valence-corrected chi connectivity index (χ1v) is 6.42. The Morgan fingerprint density at radius 2 is 2.27 bits per heavy atom. The summed E-state index contributed by atoms with van der Waals surface area (Å²) in [4.78, 5) is 0.683. The minimum absolute atomic E-state index is 0.683. The van der Waals surface area contributed by atoms with Crippen LogP contribution in [0.3, 0.4) is 0 Å². The number of thiophene rings is 1. The van der Waals surface area contributed by atoms with E-state index in [1.807, 2.05) is 6.07 Å². The van der Waals surface area contributed by atoms with E-state index in [0.29, 0.717) is 4.88 Å². The molecular formula is C8H11N3O2S2. The van der Waals surface area contributed by atoms with Crippen LogP contribution in [0, 0.1) is 11.3 Å². The molecule has 1 N–H and O–H groups in total. The number of nitrogens with one attached hydrogen (secondary N) is 1. The van der Waals surface area contributed by atoms with Gasteiger partial charge in [-0.1, -0.05) is 6.07 Å². The Hall–Kier alpha value is -0.940. The number of hydrogen-bond donors (Lipinski definition) is 1. The normalized spacial score (nSPS) is 13.7. The number of hydrogen-bond acceptors (Lipinski definition) is 4. The van der Waals surface area contributed by atoms with Crippen LogP contribution in [0.25, 0.3) is 0 Å². The van der Waals surface area contributed by atoms with Crippen molar-refractivity contribution < 1.29 is 8.42 Å². The van der Waals surface area contributed by atoms with Crippen molar-refractivity contribution in [3.8, 4) is 6.07 Å². The monoisotopic (exact) mass is 245 g/mol. The number of nitrogens with zero attached hydrogens (tertiary/aromatic N) is 2. The molecular weight excluding hydrogens is 234 g/mol. The molecule has 0 bridgehead atoms. The fourth-order valence-electron chi connectivity index (χ4n) is 0.858. The third-order valence-corrected chi connectivity index (χ3v) is 4.14. The Bertz CT molecular complexity index is 445. The van der Waals surface area contributed by atoms with Crippen molar-refractivity contribution in [2.45, 2.75) is 6.04 Å². The Kier molecular flexibility index (Phi) is 3.82. The summed E-state index contributed by atoms with van der Waals surface area (Å²) < 4.78 is 26.3. The molecule has 1 aromatic rings. The highest BCUT2D eigenvalue weighted by atomic mass is 32.2. The maximum Gasteiger partial charge on any atom is 0.280 e. The third-order valence-electron chi connectivity index (χ3n) is 1.70. The van der Waals surface area contributed by atoms with Gasteiger partial charge in [-0.05, 0) is 11.4 Å². The Morgan fingerprint density at radius 3 is 2.67 bits per heavy atom. The van der Waals surface area contributed by atoms with Gasteiger partial charge in [0.2, 0.25) is 0 Å². The van der Waals surface area contributed by atoms with Gasteiger partial charge in [-0.25, -0.2) is 0 Å². The minimum atomic E-state index is -3.57. The van der Waals surface area contributed by atoms with E-state index in [1.165, 1.54) is 25.4 Å². The Morgan fingerprint density at radius 1 is 1.60 bits per heavy atom. The molecule has 15 heavy (non-hydrogen) atoms. The van der Waals surface area contributed by atoms with Gasteiger partial charge in [-0.2, -0.15) is 22.7 Å². The van der Waals surface area contributed by atoms with Crippen LogP contribution >= 0.6 is 11.3 Å². The molecule has 0 aromatic carbocycles. The van der Waals surface area contributed by atoms with Crippen LogP contribution in [0.1, 0.15) is 10.9 Å². The van der Waals surface area contributed by atoms with Crippen LogP contribution in [0.2, 0.25) is 0 Å². The lowest BCUT2D eigenvalue weighted by Gasteiger charge is -2.15. The van der Waals surface area contributed by atoms with Crippen molar-refractivity contribution in [1.29, 1.82) is 5.26 Å². The molecule has 0 aliphatic rings. The van der Waals surface area contributed by atoms with Gasteiger partial charge in [0.15, 0.2) is 0 Å². The van der Waals surface area contributed by atoms with Crippen LogP contribution < -0.4 is 4.72 Å². The van der Waals surface area contributed by atoms with Gasteiger partial charge in [0.25, 0.3) is 10.2 Å². The van der Waals surface area contributed by atoms with E-state index in [1.54, 1.807) is 17.5 Å². The molecule has 0 aliphatic carbocycles. The molecule has 0 amide bonds. The van der Waals surface area contributed by atoms with E-state index in [2.05, 4.69) is 4.72 Å². The molecule has 0 fully saturated rings. The summed E-state index contributed by atoms with van der Waals surface area (Å²) >= 11 is 1.34. The summed E-state index contributed by atoms with van der Waals surface area (Å²) in [6, 6.07) is 4.58. The fourth-order valence-corrected chi connectivity index (χ4v) is 2.34. The van der Waals surface area contributed by atoms with E-state index >= 15 is 0 Å². The van der Waals surface area contributed by atoms with Gasteiger partial charge in [0, 0.05) is 19.0 Å². The Balaban J connectivity index is 2.86. The van der Waals surface area contributed by atoms with E-state index < -0.39 is 16.3 Å². The maximum atomic E-state index is 11.5. The van der Waals surface area contributed by atoms with E-state index in [0.717, 1.165) is 4.31 Å². The van der Waals surface area contributed by atoms with Gasteiger partial charge in [0.05, 0.1) is 6.07 Å². The predicted octanol–water partition coefficient (Wildman–Crippen LogP) is 0.709. The molecule has 5 nitrogen and oxygen atoms in total. The first-order chi connectivity index (χ1) is 6.97. The highest BCUT2D eigenvalue weighted by molar-refractivity contribution is 7.87. The first-order valence-electron chi connectivity index (χ1n) is 4.10. The van der Waals surface area contributed by atoms with Crippen LogP contribution in [-0.2, 0) is 10.2 Å². The average Bonchev–Trinajstić information content (AvgIpc) is 2.66. The zero-order valence-corrected chi connectivity index (χ0v) is 9.97. The van der Waals surface area contributed by atoms with Gasteiger partial charge in [-0.15, -0.1) is 11.3 Å². The third kappa shape index (κ3) is 3.00. The number of nitriles is 1. The second kappa shape index (κ2) is 4.72. The average molecular weight is 245 g/mol. The lowest BCUT2D eigenvalue weighted by molar-refractivity contribution is 0.501. The van der Waals surface area contributed by atoms with Crippen LogP contribution in [0.4, 0.5) is 0 Å². The van der Waals surface area contributed by atoms with Crippen molar-refractivity contribution >= 4 is 21.5 Å². The highest BCUT2D eigenvalue weighted by Gasteiger charge is 2.21. The van der Waals surface area contributed by atoms with Crippen LogP contribution in [0.15, 0.2) is 17.5 Å². The van der Waals surface area contributed by atoms with Gasteiger partial charge < -0.3 is 0 Å². The smallest absolute Gasteiger partial charge is 0.196 e. The second-order valence-corrected chi connectivity index (χ2v) is 5.88. The largest absolute Gasteiger partial charge is 0.280 e. The standard InChI is InChI=1S/C8H11N3O2S2/c1-11(2)15(12,13)10-7(6-9)8-4-3-5-14-8/h3-5,7,10H,1-2H3. The molecule has 82 valence electrons. The topological polar surface area (TPSA) is 73.2 Å². The fraction of sp³-hybridized carbons (Fsp3) is 0.375. The molecule has 0 radical (unpaired) electrons. The van der Waals surface area contributed by atoms with Crippen molar-refractivity contribution in [1.82, 2.24) is 9.03 Å². The lowest BCUT2D eigenvalue weighted by atomic mass is 10.3. The Labute approximate surface area is 93.1 Å². The van der Waals surface area contributed by atoms with E-state index in [-0.39, 0.29) is 0 Å². The first kappa shape index (κ1) is 12.1. The molecule has 1 rings (SSSR count). The van der Waals surface area contributed by atoms with Gasteiger partial charge in [-0.3, -0.25) is 0 Å². The number of rotatable bonds is 4. The second-order valence-electron chi connectivity index (χ2n) is 2.98. The molecule has 0 spiro atoms. The van der Waals surface area contributed by atoms with Crippen molar-refractivity contribution in [2.24, 2.45) is 0 Å². The lowest BCUT2D eigenvalue weighted by Crippen LogP contribution is -2.37. The van der Waals surface area contributed by atoms with E-state index in [9.17, 15) is 8.42 Å². The van der Waals surface area contributed by atoms with Gasteiger partial charge >= 0.3 is 0 Å². The zero-order valence-electron chi connectivity index (χ0n) is 8.34. The van der Waals surface area contributed by atoms with Crippen molar-refractivity contribution in [2.75, 3.05) is 14.1 Å². The molecule has 1 aromatic heterocycles. The quantitative estimate of drug-likeness (QED) is 0.849. The molecule has 0 aliphatic heterocycles. The minimum Gasteiger partial charge on any atom is -0.196 e. The highest BCUT2D eigenvalue weighted by Crippen LogP contribution is 2.19. The maximum absolute atomic E-state index is 11.5. The van der Waals surface area contributed by atoms with Crippen LogP contribution in [0.5, 0.6) is 0 Å². The van der Waals surface area contributed by atoms with Crippen LogP contribution in [-0.4, -0.2) is 26.8 Å². The summed E-state index contributed by atoms with van der Waals surface area (Å²) in [5.74, 6) is 0. The summed E-state index contributed by atoms with van der Waals surface area (Å²) in [5, 5.41) is 10.6. The van der Waals surface area contributed by atoms with E-state index in [4.69, 9.17) is 5.26 Å². The van der Waals surface area contributed by atoms with Gasteiger partial charge in [0.1, 0.15) is 6.04 Å². The molecule has 1 unspecified atom stereocenters. The molecule has 0 saturated carbocycles. The van der Waals surface area contributed by atoms with Crippen molar-refractivity contribution in [3.05, 3.63) is 22.4 Å². The summed E-state index contributed by atoms with van der Waals surface area (Å²) in [6.07, 6.45) is 0. The summed E-state index contributed by atoms with van der Waals surface area (Å²) in [7, 11) is -0.752. The molecule has 7 heteroatoms. The SMILES string of the molecule is CN(C)S(=O)(=O)NC(C#N)c1cccs1. The molecule has 0 saturated heterocycles. The van der Waals surface area contributed by atoms with Crippen molar-refractivity contribution in [3.63, 3.8) is 0 Å². The zero-order chi connectivity index (χ0) is 11.5. The summed E-state index contributed by atoms with van der Waals surface area (Å²) in [5.41, 5.74) is 0.